The molecule has 0 aromatic heterocycles. The fourth-order valence-corrected chi connectivity index (χ4v) is 2.04. The number of quaternary nitrogens is 1. The summed E-state index contributed by atoms with van der Waals surface area (Å²) < 4.78 is 1.32. The summed E-state index contributed by atoms with van der Waals surface area (Å²) in [5.41, 5.74) is 0. The first kappa shape index (κ1) is 19.2. The van der Waals surface area contributed by atoms with E-state index < -0.39 is 0 Å². The lowest BCUT2D eigenvalue weighted by atomic mass is 10.2. The van der Waals surface area contributed by atoms with E-state index in [1.54, 1.807) is 0 Å². The molecule has 0 saturated heterocycles. The molecule has 0 fully saturated rings. The topological polar surface area (TPSA) is 58.5 Å². The van der Waals surface area contributed by atoms with Crippen LogP contribution in [0.4, 0.5) is 0 Å². The zero-order valence-electron chi connectivity index (χ0n) is 12.4. The number of aliphatic imine (C=N–C) groups is 1. The molecule has 0 spiro atoms. The van der Waals surface area contributed by atoms with Crippen LogP contribution in [-0.2, 0) is 0 Å². The molecular weight excluding hydrogens is 224 g/mol. The van der Waals surface area contributed by atoms with Crippen molar-refractivity contribution in [1.29, 1.82) is 5.26 Å². The van der Waals surface area contributed by atoms with E-state index in [1.165, 1.54) is 68.5 Å². The minimum Gasteiger partial charge on any atom is -0.422 e. The molecule has 0 aromatic rings. The van der Waals surface area contributed by atoms with E-state index in [9.17, 15) is 0 Å². The summed E-state index contributed by atoms with van der Waals surface area (Å²) in [6.45, 7) is 14.6. The average Bonchev–Trinajstić information content (AvgIpc) is 2.42. The lowest BCUT2D eigenvalue weighted by molar-refractivity contribution is -0.923. The van der Waals surface area contributed by atoms with E-state index in [-0.39, 0.29) is 0 Å². The Bertz CT molecular complexity index is 249. The molecule has 0 unspecified atom stereocenters. The third-order valence-electron chi connectivity index (χ3n) is 3.60. The van der Waals surface area contributed by atoms with Crippen molar-refractivity contribution in [2.75, 3.05) is 26.2 Å². The molecule has 0 aromatic carbocycles. The van der Waals surface area contributed by atoms with Crippen molar-refractivity contribution >= 4 is 6.01 Å². The number of unbranched alkanes of at least 4 members (excludes halogenated alkanes) is 3. The van der Waals surface area contributed by atoms with Gasteiger partial charge in [0.15, 0.2) is 0 Å². The molecule has 0 heterocycles. The Kier molecular flexibility index (Phi) is 14.8. The van der Waals surface area contributed by atoms with E-state index >= 15 is 0 Å². The molecule has 0 saturated carbocycles. The Morgan fingerprint density at radius 1 is 1.00 bits per heavy atom. The van der Waals surface area contributed by atoms with E-state index in [0.29, 0.717) is 0 Å². The lowest BCUT2D eigenvalue weighted by Crippen LogP contribution is -2.48. The summed E-state index contributed by atoms with van der Waals surface area (Å²) in [5, 5.41) is 14.9. The van der Waals surface area contributed by atoms with Gasteiger partial charge in [-0.25, -0.2) is 0 Å². The third kappa shape index (κ3) is 10.0. The van der Waals surface area contributed by atoms with Crippen molar-refractivity contribution < 1.29 is 4.48 Å². The second-order valence-electron chi connectivity index (χ2n) is 4.39. The molecule has 0 N–H and O–H groups in total. The summed E-state index contributed by atoms with van der Waals surface area (Å²) in [6, 6.07) is 1.28. The maximum absolute atomic E-state index is 7.43. The standard InChI is InChI=1S/C12H28N.C2N3/c1-5-9-10-11-12-13(6-2,7-3)8-4;3-1-5-2-4/h5-12H2,1-4H3;/q+1;-1. The lowest BCUT2D eigenvalue weighted by Gasteiger charge is -2.35. The van der Waals surface area contributed by atoms with Gasteiger partial charge in [-0.2, -0.15) is 5.26 Å². The minimum atomic E-state index is 1.28. The summed E-state index contributed by atoms with van der Waals surface area (Å²) in [7, 11) is 0. The highest BCUT2D eigenvalue weighted by atomic mass is 15.3. The molecular formula is C14H28N4. The minimum absolute atomic E-state index is 1.28. The first-order valence-electron chi connectivity index (χ1n) is 6.99. The monoisotopic (exact) mass is 252 g/mol. The van der Waals surface area contributed by atoms with E-state index in [2.05, 4.69) is 32.7 Å². The van der Waals surface area contributed by atoms with Gasteiger partial charge in [0.25, 0.3) is 0 Å². The zero-order chi connectivity index (χ0) is 14.3. The van der Waals surface area contributed by atoms with Gasteiger partial charge in [0.05, 0.1) is 32.4 Å². The zero-order valence-corrected chi connectivity index (χ0v) is 12.4. The highest BCUT2D eigenvalue weighted by Crippen LogP contribution is 2.10. The SMILES string of the molecule is CCCCCC[N+](CC)(CC)CC.N#CN=C=[N-]. The summed E-state index contributed by atoms with van der Waals surface area (Å²) in [6.07, 6.45) is 6.89. The van der Waals surface area contributed by atoms with E-state index in [0.717, 1.165) is 0 Å². The van der Waals surface area contributed by atoms with Crippen LogP contribution in [0.15, 0.2) is 4.99 Å². The number of nitriles is 1. The van der Waals surface area contributed by atoms with Crippen LogP contribution in [-0.4, -0.2) is 36.7 Å². The Labute approximate surface area is 112 Å². The van der Waals surface area contributed by atoms with Gasteiger partial charge in [-0.05, 0) is 33.6 Å². The van der Waals surface area contributed by atoms with Crippen molar-refractivity contribution in [3.63, 3.8) is 0 Å². The maximum atomic E-state index is 7.43. The highest BCUT2D eigenvalue weighted by molar-refractivity contribution is 5.46. The van der Waals surface area contributed by atoms with Gasteiger partial charge in [0.1, 0.15) is 0 Å². The molecule has 0 atom stereocenters. The smallest absolute Gasteiger partial charge is 0.0925 e. The van der Waals surface area contributed by atoms with Crippen LogP contribution in [0.5, 0.6) is 0 Å². The van der Waals surface area contributed by atoms with Crippen LogP contribution in [0.2, 0.25) is 0 Å². The largest absolute Gasteiger partial charge is 0.422 e. The van der Waals surface area contributed by atoms with Gasteiger partial charge in [-0.1, -0.05) is 19.8 Å². The Morgan fingerprint density at radius 3 is 1.83 bits per heavy atom. The Morgan fingerprint density at radius 2 is 1.56 bits per heavy atom. The third-order valence-corrected chi connectivity index (χ3v) is 3.60. The van der Waals surface area contributed by atoms with Crippen LogP contribution in [0.3, 0.4) is 0 Å². The molecule has 18 heavy (non-hydrogen) atoms. The molecule has 0 rings (SSSR count). The van der Waals surface area contributed by atoms with Crippen molar-refractivity contribution in [1.82, 2.24) is 0 Å². The normalized spacial score (nSPS) is 9.72. The molecule has 104 valence electrons. The van der Waals surface area contributed by atoms with Gasteiger partial charge in [0, 0.05) is 0 Å². The molecule has 0 bridgehead atoms. The van der Waals surface area contributed by atoms with Crippen molar-refractivity contribution in [2.45, 2.75) is 53.4 Å². The first-order valence-corrected chi connectivity index (χ1v) is 6.99. The summed E-state index contributed by atoms with van der Waals surface area (Å²) in [5.74, 6) is 0. The number of rotatable bonds is 8. The van der Waals surface area contributed by atoms with Gasteiger partial charge >= 0.3 is 0 Å². The second kappa shape index (κ2) is 13.9. The highest BCUT2D eigenvalue weighted by Gasteiger charge is 2.19. The van der Waals surface area contributed by atoms with Gasteiger partial charge in [-0.3, -0.25) is 0 Å². The van der Waals surface area contributed by atoms with Crippen LogP contribution in [0, 0.1) is 11.5 Å². The molecule has 4 nitrogen and oxygen atoms in total. The van der Waals surface area contributed by atoms with E-state index in [4.69, 9.17) is 10.7 Å². The van der Waals surface area contributed by atoms with Crippen molar-refractivity contribution in [3.8, 4) is 6.19 Å². The fraction of sp³-hybridized carbons (Fsp3) is 0.857. The molecule has 0 aliphatic carbocycles. The van der Waals surface area contributed by atoms with Crippen LogP contribution in [0.25, 0.3) is 5.41 Å². The van der Waals surface area contributed by atoms with Crippen molar-refractivity contribution in [3.05, 3.63) is 5.41 Å². The molecule has 0 aliphatic rings. The predicted octanol–water partition coefficient (Wildman–Crippen LogP) is 3.65. The van der Waals surface area contributed by atoms with Crippen LogP contribution in [0.1, 0.15) is 53.4 Å². The fourth-order valence-electron chi connectivity index (χ4n) is 2.04. The van der Waals surface area contributed by atoms with Crippen molar-refractivity contribution in [2.24, 2.45) is 4.99 Å². The quantitative estimate of drug-likeness (QED) is 0.281. The number of hydrogen-bond donors (Lipinski definition) is 0. The van der Waals surface area contributed by atoms with Crippen LogP contribution >= 0.6 is 0 Å². The number of hydrogen-bond acceptors (Lipinski definition) is 2. The summed E-state index contributed by atoms with van der Waals surface area (Å²) >= 11 is 0. The van der Waals surface area contributed by atoms with Gasteiger partial charge in [-0.15, -0.1) is 6.01 Å². The number of nitrogens with zero attached hydrogens (tertiary/aromatic N) is 4. The Hall–Kier alpha value is -1.17. The van der Waals surface area contributed by atoms with Gasteiger partial charge in [0.2, 0.25) is 0 Å². The molecule has 4 heteroatoms. The molecule has 0 aliphatic heterocycles. The average molecular weight is 252 g/mol. The Balaban J connectivity index is 0. The summed E-state index contributed by atoms with van der Waals surface area (Å²) in [4.78, 5) is 2.58. The van der Waals surface area contributed by atoms with Crippen LogP contribution < -0.4 is 0 Å². The predicted molar refractivity (Wildman–Crippen MR) is 77.3 cm³/mol. The maximum Gasteiger partial charge on any atom is 0.0925 e. The molecule has 0 amide bonds. The molecule has 0 radical (unpaired) electrons. The van der Waals surface area contributed by atoms with E-state index in [1.807, 2.05) is 0 Å². The van der Waals surface area contributed by atoms with Gasteiger partial charge < -0.3 is 14.9 Å². The first-order chi connectivity index (χ1) is 8.66. The second-order valence-corrected chi connectivity index (χ2v) is 4.39.